The number of carbonyl (C=O) groups is 2. The van der Waals surface area contributed by atoms with Crippen LogP contribution in [0.1, 0.15) is 31.7 Å². The van der Waals surface area contributed by atoms with E-state index in [4.69, 9.17) is 11.5 Å². The molecule has 1 rings (SSSR count). The highest BCUT2D eigenvalue weighted by atomic mass is 16.2. The summed E-state index contributed by atoms with van der Waals surface area (Å²) in [6.45, 7) is 2.01. The summed E-state index contributed by atoms with van der Waals surface area (Å²) < 4.78 is 0. The highest BCUT2D eigenvalue weighted by molar-refractivity contribution is 5.89. The zero-order valence-corrected chi connectivity index (χ0v) is 11.8. The number of rotatable bonds is 8. The first-order chi connectivity index (χ1) is 9.54. The van der Waals surface area contributed by atoms with Crippen LogP contribution in [0.5, 0.6) is 0 Å². The summed E-state index contributed by atoms with van der Waals surface area (Å²) in [4.78, 5) is 23.3. The van der Waals surface area contributed by atoms with Crippen molar-refractivity contribution < 1.29 is 9.59 Å². The SMILES string of the molecule is CCCC[C@H](NC(=O)[C@H](N)Cc1ccccc1)C(N)=O. The molecule has 1 aromatic carbocycles. The maximum absolute atomic E-state index is 12.0. The van der Waals surface area contributed by atoms with Gasteiger partial charge < -0.3 is 16.8 Å². The first kappa shape index (κ1) is 16.2. The van der Waals surface area contributed by atoms with Gasteiger partial charge in [0.15, 0.2) is 0 Å². The Bertz CT molecular complexity index is 434. The minimum atomic E-state index is -0.680. The van der Waals surface area contributed by atoms with E-state index >= 15 is 0 Å². The number of primary amides is 1. The van der Waals surface area contributed by atoms with Gasteiger partial charge in [0.1, 0.15) is 6.04 Å². The van der Waals surface area contributed by atoms with Crippen LogP contribution in [0, 0.1) is 0 Å². The second kappa shape index (κ2) is 8.32. The Morgan fingerprint density at radius 2 is 1.90 bits per heavy atom. The fraction of sp³-hybridized carbons (Fsp3) is 0.467. The Kier molecular flexibility index (Phi) is 6.73. The largest absolute Gasteiger partial charge is 0.368 e. The molecule has 5 nitrogen and oxygen atoms in total. The first-order valence-corrected chi connectivity index (χ1v) is 6.93. The van der Waals surface area contributed by atoms with Gasteiger partial charge in [-0.1, -0.05) is 50.1 Å². The molecule has 0 radical (unpaired) electrons. The molecule has 0 aliphatic rings. The van der Waals surface area contributed by atoms with Crippen molar-refractivity contribution in [1.82, 2.24) is 5.32 Å². The van der Waals surface area contributed by atoms with Gasteiger partial charge in [0.05, 0.1) is 6.04 Å². The van der Waals surface area contributed by atoms with Crippen LogP contribution in [-0.2, 0) is 16.0 Å². The molecular weight excluding hydrogens is 254 g/mol. The third-order valence-corrected chi connectivity index (χ3v) is 3.14. The van der Waals surface area contributed by atoms with E-state index in [-0.39, 0.29) is 5.91 Å². The lowest BCUT2D eigenvalue weighted by atomic mass is 10.0. The molecule has 0 unspecified atom stereocenters. The van der Waals surface area contributed by atoms with E-state index in [9.17, 15) is 9.59 Å². The smallest absolute Gasteiger partial charge is 0.240 e. The van der Waals surface area contributed by atoms with Crippen LogP contribution < -0.4 is 16.8 Å². The molecule has 0 aliphatic heterocycles. The van der Waals surface area contributed by atoms with E-state index in [1.54, 1.807) is 0 Å². The van der Waals surface area contributed by atoms with Gasteiger partial charge in [-0.25, -0.2) is 0 Å². The van der Waals surface area contributed by atoms with Crippen LogP contribution in [0.4, 0.5) is 0 Å². The molecule has 0 aromatic heterocycles. The summed E-state index contributed by atoms with van der Waals surface area (Å²) in [5.74, 6) is -0.854. The van der Waals surface area contributed by atoms with Crippen molar-refractivity contribution >= 4 is 11.8 Å². The highest BCUT2D eigenvalue weighted by Crippen LogP contribution is 2.04. The number of benzene rings is 1. The van der Waals surface area contributed by atoms with Crippen molar-refractivity contribution in [1.29, 1.82) is 0 Å². The minimum Gasteiger partial charge on any atom is -0.368 e. The van der Waals surface area contributed by atoms with Crippen LogP contribution in [-0.4, -0.2) is 23.9 Å². The molecule has 0 heterocycles. The molecular formula is C15H23N3O2. The van der Waals surface area contributed by atoms with Gasteiger partial charge in [0.25, 0.3) is 0 Å². The van der Waals surface area contributed by atoms with E-state index in [0.717, 1.165) is 18.4 Å². The van der Waals surface area contributed by atoms with Gasteiger partial charge in [-0.15, -0.1) is 0 Å². The van der Waals surface area contributed by atoms with Gasteiger partial charge in [-0.3, -0.25) is 9.59 Å². The predicted molar refractivity (Wildman–Crippen MR) is 78.8 cm³/mol. The second-order valence-corrected chi connectivity index (χ2v) is 4.90. The van der Waals surface area contributed by atoms with Crippen LogP contribution in [0.25, 0.3) is 0 Å². The molecule has 0 spiro atoms. The van der Waals surface area contributed by atoms with E-state index in [1.807, 2.05) is 37.3 Å². The summed E-state index contributed by atoms with van der Waals surface area (Å²) in [6, 6.07) is 8.21. The predicted octanol–water partition coefficient (Wildman–Crippen LogP) is 0.717. The normalized spacial score (nSPS) is 13.5. The molecule has 0 bridgehead atoms. The van der Waals surface area contributed by atoms with Crippen molar-refractivity contribution in [3.05, 3.63) is 35.9 Å². The Morgan fingerprint density at radius 3 is 2.45 bits per heavy atom. The summed E-state index contributed by atoms with van der Waals surface area (Å²) in [5.41, 5.74) is 12.1. The molecule has 1 aromatic rings. The molecule has 2 atom stereocenters. The van der Waals surface area contributed by atoms with E-state index in [2.05, 4.69) is 5.32 Å². The van der Waals surface area contributed by atoms with Gasteiger partial charge in [-0.2, -0.15) is 0 Å². The van der Waals surface area contributed by atoms with Crippen molar-refractivity contribution in [2.75, 3.05) is 0 Å². The molecule has 110 valence electrons. The molecule has 0 saturated heterocycles. The van der Waals surface area contributed by atoms with Gasteiger partial charge in [0, 0.05) is 0 Å². The Labute approximate surface area is 119 Å². The first-order valence-electron chi connectivity index (χ1n) is 6.93. The molecule has 0 aliphatic carbocycles. The highest BCUT2D eigenvalue weighted by Gasteiger charge is 2.21. The average molecular weight is 277 g/mol. The van der Waals surface area contributed by atoms with Crippen molar-refractivity contribution in [2.45, 2.75) is 44.7 Å². The second-order valence-electron chi connectivity index (χ2n) is 4.90. The maximum Gasteiger partial charge on any atom is 0.240 e. The van der Waals surface area contributed by atoms with Gasteiger partial charge in [-0.05, 0) is 18.4 Å². The Morgan fingerprint density at radius 1 is 1.25 bits per heavy atom. The number of carbonyl (C=O) groups excluding carboxylic acids is 2. The van der Waals surface area contributed by atoms with Crippen molar-refractivity contribution in [3.8, 4) is 0 Å². The van der Waals surface area contributed by atoms with E-state index in [1.165, 1.54) is 0 Å². The number of unbranched alkanes of at least 4 members (excludes halogenated alkanes) is 1. The van der Waals surface area contributed by atoms with E-state index in [0.29, 0.717) is 12.8 Å². The lowest BCUT2D eigenvalue weighted by Gasteiger charge is -2.18. The van der Waals surface area contributed by atoms with Crippen molar-refractivity contribution in [2.24, 2.45) is 11.5 Å². The molecule has 0 saturated carbocycles. The van der Waals surface area contributed by atoms with Crippen LogP contribution in [0.2, 0.25) is 0 Å². The zero-order chi connectivity index (χ0) is 15.0. The van der Waals surface area contributed by atoms with Gasteiger partial charge in [0.2, 0.25) is 11.8 Å². The standard InChI is InChI=1S/C15H23N3O2/c1-2-3-9-13(14(17)19)18-15(20)12(16)10-11-7-5-4-6-8-11/h4-8,12-13H,2-3,9-10,16H2,1H3,(H2,17,19)(H,18,20)/t12-,13+/m1/s1. The average Bonchev–Trinajstić information content (AvgIpc) is 2.43. The third kappa shape index (κ3) is 5.40. The van der Waals surface area contributed by atoms with Crippen LogP contribution in [0.15, 0.2) is 30.3 Å². The lowest BCUT2D eigenvalue weighted by Crippen LogP contribution is -2.51. The molecule has 0 fully saturated rings. The minimum absolute atomic E-state index is 0.339. The Hall–Kier alpha value is -1.88. The fourth-order valence-electron chi connectivity index (χ4n) is 1.93. The molecule has 20 heavy (non-hydrogen) atoms. The maximum atomic E-state index is 12.0. The quantitative estimate of drug-likeness (QED) is 0.653. The number of hydrogen-bond acceptors (Lipinski definition) is 3. The summed E-state index contributed by atoms with van der Waals surface area (Å²) >= 11 is 0. The Balaban J connectivity index is 2.53. The lowest BCUT2D eigenvalue weighted by molar-refractivity contribution is -0.128. The topological polar surface area (TPSA) is 98.2 Å². The van der Waals surface area contributed by atoms with E-state index < -0.39 is 18.0 Å². The van der Waals surface area contributed by atoms with Crippen molar-refractivity contribution in [3.63, 3.8) is 0 Å². The number of amides is 2. The third-order valence-electron chi connectivity index (χ3n) is 3.14. The van der Waals surface area contributed by atoms with Crippen LogP contribution in [0.3, 0.4) is 0 Å². The molecule has 5 N–H and O–H groups in total. The summed E-state index contributed by atoms with van der Waals surface area (Å²) in [5, 5.41) is 2.63. The molecule has 2 amide bonds. The zero-order valence-electron chi connectivity index (χ0n) is 11.8. The fourth-order valence-corrected chi connectivity index (χ4v) is 1.93. The number of nitrogens with two attached hydrogens (primary N) is 2. The number of nitrogens with one attached hydrogen (secondary N) is 1. The molecule has 5 heteroatoms. The number of hydrogen-bond donors (Lipinski definition) is 3. The monoisotopic (exact) mass is 277 g/mol. The summed E-state index contributed by atoms with van der Waals surface area (Å²) in [7, 11) is 0. The van der Waals surface area contributed by atoms with Gasteiger partial charge >= 0.3 is 0 Å². The summed E-state index contributed by atoms with van der Waals surface area (Å²) in [6.07, 6.45) is 2.76. The van der Waals surface area contributed by atoms with Crippen LogP contribution >= 0.6 is 0 Å².